The van der Waals surface area contributed by atoms with Crippen molar-refractivity contribution >= 4 is 40.9 Å². The highest BCUT2D eigenvalue weighted by molar-refractivity contribution is 7.09. The van der Waals surface area contributed by atoms with Crippen molar-refractivity contribution in [1.29, 1.82) is 0 Å². The number of nitrogens with one attached hydrogen (secondary N) is 1. The van der Waals surface area contributed by atoms with Crippen LogP contribution in [0.15, 0.2) is 28.6 Å². The molecule has 0 aliphatic rings. The van der Waals surface area contributed by atoms with E-state index in [1.165, 1.54) is 4.88 Å². The summed E-state index contributed by atoms with van der Waals surface area (Å²) in [4.78, 5) is 23.5. The standard InChI is InChI=1S/C11H11N5OS.ClH/c12-11-14-9-8(10(17)15-11)13-6-16(9)4-3-7-2-1-5-18-7;/h1-2,5-6H,3-4H2,(H3,12,14,15,17);1H. The van der Waals surface area contributed by atoms with Crippen LogP contribution >= 0.6 is 23.7 Å². The van der Waals surface area contributed by atoms with Gasteiger partial charge in [0.2, 0.25) is 5.95 Å². The molecule has 0 atom stereocenters. The molecule has 0 amide bonds. The van der Waals surface area contributed by atoms with Gasteiger partial charge in [-0.2, -0.15) is 4.98 Å². The summed E-state index contributed by atoms with van der Waals surface area (Å²) in [6.07, 6.45) is 2.51. The first-order chi connectivity index (χ1) is 8.74. The molecule has 0 radical (unpaired) electrons. The number of aromatic nitrogens is 4. The molecule has 6 nitrogen and oxygen atoms in total. The molecule has 0 fully saturated rings. The summed E-state index contributed by atoms with van der Waals surface area (Å²) in [6.45, 7) is 0.729. The quantitative estimate of drug-likeness (QED) is 0.765. The molecule has 100 valence electrons. The number of aromatic amines is 1. The molecular weight excluding hydrogens is 286 g/mol. The zero-order valence-corrected chi connectivity index (χ0v) is 11.5. The monoisotopic (exact) mass is 297 g/mol. The SMILES string of the molecule is Cl.Nc1nc2c(ncn2CCc2cccs2)c(=O)[nH]1. The number of hydrogen-bond donors (Lipinski definition) is 2. The van der Waals surface area contributed by atoms with Crippen molar-refractivity contribution < 1.29 is 0 Å². The van der Waals surface area contributed by atoms with Gasteiger partial charge in [-0.3, -0.25) is 9.78 Å². The average Bonchev–Trinajstić information content (AvgIpc) is 2.94. The molecule has 0 aromatic carbocycles. The molecule has 3 rings (SSSR count). The molecular formula is C11H12ClN5OS. The highest BCUT2D eigenvalue weighted by Gasteiger charge is 2.09. The highest BCUT2D eigenvalue weighted by atomic mass is 35.5. The minimum atomic E-state index is -0.299. The van der Waals surface area contributed by atoms with E-state index in [1.54, 1.807) is 17.7 Å². The van der Waals surface area contributed by atoms with Gasteiger partial charge in [-0.25, -0.2) is 4.98 Å². The van der Waals surface area contributed by atoms with Crippen molar-refractivity contribution in [3.63, 3.8) is 0 Å². The summed E-state index contributed by atoms with van der Waals surface area (Å²) in [7, 11) is 0. The van der Waals surface area contributed by atoms with Gasteiger partial charge >= 0.3 is 0 Å². The molecule has 3 aromatic rings. The summed E-state index contributed by atoms with van der Waals surface area (Å²) in [6, 6.07) is 4.10. The minimum absolute atomic E-state index is 0. The Hall–Kier alpha value is -1.86. The topological polar surface area (TPSA) is 89.6 Å². The van der Waals surface area contributed by atoms with E-state index in [0.717, 1.165) is 13.0 Å². The van der Waals surface area contributed by atoms with Crippen LogP contribution in [0.4, 0.5) is 5.95 Å². The van der Waals surface area contributed by atoms with E-state index in [4.69, 9.17) is 5.73 Å². The highest BCUT2D eigenvalue weighted by Crippen LogP contribution is 2.12. The fraction of sp³-hybridized carbons (Fsp3) is 0.182. The Morgan fingerprint density at radius 2 is 2.32 bits per heavy atom. The number of imidazole rings is 1. The predicted molar refractivity (Wildman–Crippen MR) is 77.8 cm³/mol. The van der Waals surface area contributed by atoms with Gasteiger partial charge in [0.1, 0.15) is 0 Å². The summed E-state index contributed by atoms with van der Waals surface area (Å²) in [5.74, 6) is 0.116. The Kier molecular flexibility index (Phi) is 3.87. The molecule has 0 saturated carbocycles. The van der Waals surface area contributed by atoms with Crippen LogP contribution in [0.2, 0.25) is 0 Å². The zero-order chi connectivity index (χ0) is 12.5. The van der Waals surface area contributed by atoms with Gasteiger partial charge in [-0.15, -0.1) is 23.7 Å². The Bertz CT molecular complexity index is 733. The molecule has 0 unspecified atom stereocenters. The molecule has 3 aromatic heterocycles. The van der Waals surface area contributed by atoms with Crippen molar-refractivity contribution in [1.82, 2.24) is 19.5 Å². The van der Waals surface area contributed by atoms with E-state index in [2.05, 4.69) is 21.0 Å². The second kappa shape index (κ2) is 5.41. The number of nitrogen functional groups attached to an aromatic ring is 1. The Labute approximate surface area is 118 Å². The lowest BCUT2D eigenvalue weighted by atomic mass is 10.3. The maximum atomic E-state index is 11.6. The normalized spacial score (nSPS) is 10.5. The lowest BCUT2D eigenvalue weighted by Crippen LogP contribution is -2.12. The summed E-state index contributed by atoms with van der Waals surface area (Å²) >= 11 is 1.71. The molecule has 0 aliphatic heterocycles. The number of halogens is 1. The number of nitrogens with two attached hydrogens (primary N) is 1. The average molecular weight is 298 g/mol. The van der Waals surface area contributed by atoms with Crippen molar-refractivity contribution in [3.05, 3.63) is 39.1 Å². The largest absolute Gasteiger partial charge is 0.369 e. The van der Waals surface area contributed by atoms with Crippen LogP contribution in [0, 0.1) is 0 Å². The molecule has 3 heterocycles. The number of anilines is 1. The van der Waals surface area contributed by atoms with Gasteiger partial charge < -0.3 is 10.3 Å². The van der Waals surface area contributed by atoms with Gasteiger partial charge in [-0.1, -0.05) is 6.07 Å². The molecule has 0 bridgehead atoms. The van der Waals surface area contributed by atoms with E-state index in [-0.39, 0.29) is 23.9 Å². The van der Waals surface area contributed by atoms with Gasteiger partial charge in [0.15, 0.2) is 11.2 Å². The fourth-order valence-electron chi connectivity index (χ4n) is 1.82. The molecule has 19 heavy (non-hydrogen) atoms. The lowest BCUT2D eigenvalue weighted by molar-refractivity contribution is 0.715. The van der Waals surface area contributed by atoms with Gasteiger partial charge in [-0.05, 0) is 17.9 Å². The van der Waals surface area contributed by atoms with E-state index >= 15 is 0 Å². The van der Waals surface area contributed by atoms with Crippen LogP contribution in [0.25, 0.3) is 11.2 Å². The maximum Gasteiger partial charge on any atom is 0.280 e. The van der Waals surface area contributed by atoms with E-state index in [0.29, 0.717) is 11.2 Å². The number of aryl methyl sites for hydroxylation is 2. The van der Waals surface area contributed by atoms with Crippen LogP contribution < -0.4 is 11.3 Å². The van der Waals surface area contributed by atoms with E-state index in [9.17, 15) is 4.79 Å². The predicted octanol–water partition coefficient (Wildman–Crippen LogP) is 1.43. The van der Waals surface area contributed by atoms with Crippen LogP contribution in [-0.2, 0) is 13.0 Å². The third-order valence-electron chi connectivity index (χ3n) is 2.67. The summed E-state index contributed by atoms with van der Waals surface area (Å²) in [5.41, 5.74) is 6.10. The van der Waals surface area contributed by atoms with Crippen molar-refractivity contribution in [2.75, 3.05) is 5.73 Å². The van der Waals surface area contributed by atoms with E-state index < -0.39 is 0 Å². The second-order valence-electron chi connectivity index (χ2n) is 3.89. The Morgan fingerprint density at radius 3 is 3.05 bits per heavy atom. The maximum absolute atomic E-state index is 11.6. The van der Waals surface area contributed by atoms with Crippen LogP contribution in [0.1, 0.15) is 4.88 Å². The third-order valence-corrected chi connectivity index (χ3v) is 3.61. The minimum Gasteiger partial charge on any atom is -0.369 e. The summed E-state index contributed by atoms with van der Waals surface area (Å²) in [5, 5.41) is 2.04. The smallest absolute Gasteiger partial charge is 0.280 e. The van der Waals surface area contributed by atoms with Gasteiger partial charge in [0.25, 0.3) is 5.56 Å². The molecule has 0 aliphatic carbocycles. The van der Waals surface area contributed by atoms with Gasteiger partial charge in [0.05, 0.1) is 6.33 Å². The molecule has 0 spiro atoms. The Morgan fingerprint density at radius 1 is 1.47 bits per heavy atom. The van der Waals surface area contributed by atoms with Crippen LogP contribution in [0.3, 0.4) is 0 Å². The fourth-order valence-corrected chi connectivity index (χ4v) is 2.52. The Balaban J connectivity index is 0.00000133. The lowest BCUT2D eigenvalue weighted by Gasteiger charge is -2.02. The van der Waals surface area contributed by atoms with Crippen LogP contribution in [0.5, 0.6) is 0 Å². The third kappa shape index (κ3) is 2.61. The number of nitrogens with zero attached hydrogens (tertiary/aromatic N) is 3. The number of thiophene rings is 1. The number of H-pyrrole nitrogens is 1. The number of fused-ring (bicyclic) bond motifs is 1. The first-order valence-corrected chi connectivity index (χ1v) is 6.35. The first kappa shape index (κ1) is 13.6. The molecule has 0 saturated heterocycles. The second-order valence-corrected chi connectivity index (χ2v) is 4.92. The van der Waals surface area contributed by atoms with E-state index in [1.807, 2.05) is 16.0 Å². The van der Waals surface area contributed by atoms with Crippen molar-refractivity contribution in [2.24, 2.45) is 0 Å². The van der Waals surface area contributed by atoms with Crippen LogP contribution in [-0.4, -0.2) is 19.5 Å². The van der Waals surface area contributed by atoms with Gasteiger partial charge in [0, 0.05) is 11.4 Å². The van der Waals surface area contributed by atoms with Crippen molar-refractivity contribution in [3.8, 4) is 0 Å². The summed E-state index contributed by atoms with van der Waals surface area (Å²) < 4.78 is 1.85. The first-order valence-electron chi connectivity index (χ1n) is 5.47. The van der Waals surface area contributed by atoms with Crippen molar-refractivity contribution in [2.45, 2.75) is 13.0 Å². The zero-order valence-electron chi connectivity index (χ0n) is 9.87. The molecule has 3 N–H and O–H groups in total. The number of rotatable bonds is 3. The molecule has 8 heteroatoms. The number of hydrogen-bond acceptors (Lipinski definition) is 5.